The summed E-state index contributed by atoms with van der Waals surface area (Å²) in [4.78, 5) is 11.4. The minimum absolute atomic E-state index is 0.176. The van der Waals surface area contributed by atoms with E-state index in [0.717, 1.165) is 19.3 Å². The third kappa shape index (κ3) is 11.6. The Hall–Kier alpha value is -0.610. The second-order valence-electron chi connectivity index (χ2n) is 4.48. The summed E-state index contributed by atoms with van der Waals surface area (Å²) in [6.07, 6.45) is 8.48. The summed E-state index contributed by atoms with van der Waals surface area (Å²) in [5, 5.41) is 0. The average Bonchev–Trinajstić information content (AvgIpc) is 2.31. The summed E-state index contributed by atoms with van der Waals surface area (Å²) in [7, 11) is 0. The highest BCUT2D eigenvalue weighted by molar-refractivity contribution is 5.69. The molecule has 0 spiro atoms. The van der Waals surface area contributed by atoms with E-state index in [0.29, 0.717) is 19.4 Å². The highest BCUT2D eigenvalue weighted by atomic mass is 16.6. The zero-order valence-corrected chi connectivity index (χ0v) is 11.1. The lowest BCUT2D eigenvalue weighted by Crippen LogP contribution is -2.27. The van der Waals surface area contributed by atoms with E-state index in [2.05, 4.69) is 6.92 Å². The van der Waals surface area contributed by atoms with Crippen LogP contribution < -0.4 is 11.5 Å². The quantitative estimate of drug-likeness (QED) is 0.332. The molecule has 4 nitrogen and oxygen atoms in total. The van der Waals surface area contributed by atoms with Crippen molar-refractivity contribution in [2.45, 2.75) is 70.9 Å². The summed E-state index contributed by atoms with van der Waals surface area (Å²) in [5.74, 6) is -0.176. The fraction of sp³-hybridized carbons (Fsp3) is 0.923. The smallest absolute Gasteiger partial charge is 0.307 e. The highest BCUT2D eigenvalue weighted by Crippen LogP contribution is 2.08. The Morgan fingerprint density at radius 2 is 1.76 bits per heavy atom. The van der Waals surface area contributed by atoms with Gasteiger partial charge in [0, 0.05) is 6.42 Å². The second kappa shape index (κ2) is 11.9. The number of hydrogen-bond donors (Lipinski definition) is 2. The number of carbonyl (C=O) groups is 1. The van der Waals surface area contributed by atoms with Gasteiger partial charge in [-0.2, -0.15) is 0 Å². The Kier molecular flexibility index (Phi) is 11.4. The largest absolute Gasteiger partial charge is 0.447 e. The number of hydrogen-bond acceptors (Lipinski definition) is 4. The fourth-order valence-electron chi connectivity index (χ4n) is 1.66. The molecule has 0 aliphatic heterocycles. The Balaban J connectivity index is 3.33. The van der Waals surface area contributed by atoms with E-state index in [1.165, 1.54) is 25.7 Å². The molecule has 0 aliphatic rings. The molecule has 0 fully saturated rings. The average molecular weight is 244 g/mol. The van der Waals surface area contributed by atoms with Crippen LogP contribution in [-0.2, 0) is 9.53 Å². The monoisotopic (exact) mass is 244 g/mol. The zero-order chi connectivity index (χ0) is 12.9. The summed E-state index contributed by atoms with van der Waals surface area (Å²) >= 11 is 0. The SMILES string of the molecule is CCCCCCCCC(=O)OC(N)CCCN. The minimum Gasteiger partial charge on any atom is -0.447 e. The van der Waals surface area contributed by atoms with Crippen molar-refractivity contribution in [1.82, 2.24) is 0 Å². The first-order valence-corrected chi connectivity index (χ1v) is 6.85. The van der Waals surface area contributed by atoms with Crippen LogP contribution in [0.4, 0.5) is 0 Å². The van der Waals surface area contributed by atoms with Crippen molar-refractivity contribution in [1.29, 1.82) is 0 Å². The van der Waals surface area contributed by atoms with Gasteiger partial charge in [-0.05, 0) is 25.8 Å². The molecule has 4 N–H and O–H groups in total. The first-order valence-electron chi connectivity index (χ1n) is 6.85. The second-order valence-corrected chi connectivity index (χ2v) is 4.48. The molecular formula is C13H28N2O2. The molecule has 0 amide bonds. The number of nitrogens with two attached hydrogens (primary N) is 2. The lowest BCUT2D eigenvalue weighted by molar-refractivity contribution is -0.149. The van der Waals surface area contributed by atoms with Gasteiger partial charge in [-0.3, -0.25) is 10.5 Å². The Morgan fingerprint density at radius 3 is 2.41 bits per heavy atom. The van der Waals surface area contributed by atoms with E-state index in [1.54, 1.807) is 0 Å². The van der Waals surface area contributed by atoms with Gasteiger partial charge in [-0.25, -0.2) is 0 Å². The predicted octanol–water partition coefficient (Wildman–Crippen LogP) is 2.30. The molecule has 0 bridgehead atoms. The Morgan fingerprint density at radius 1 is 1.12 bits per heavy atom. The fourth-order valence-corrected chi connectivity index (χ4v) is 1.66. The van der Waals surface area contributed by atoms with Crippen molar-refractivity contribution in [3.8, 4) is 0 Å². The van der Waals surface area contributed by atoms with Gasteiger partial charge in [0.1, 0.15) is 0 Å². The molecule has 17 heavy (non-hydrogen) atoms. The van der Waals surface area contributed by atoms with Crippen LogP contribution in [0.3, 0.4) is 0 Å². The van der Waals surface area contributed by atoms with Gasteiger partial charge in [0.25, 0.3) is 0 Å². The molecule has 0 radical (unpaired) electrons. The maximum atomic E-state index is 11.4. The van der Waals surface area contributed by atoms with Crippen LogP contribution in [0.5, 0.6) is 0 Å². The molecule has 0 aromatic heterocycles. The number of esters is 1. The van der Waals surface area contributed by atoms with Gasteiger partial charge in [0.15, 0.2) is 6.23 Å². The summed E-state index contributed by atoms with van der Waals surface area (Å²) in [6.45, 7) is 2.78. The number of unbranched alkanes of at least 4 members (excludes halogenated alkanes) is 5. The molecular weight excluding hydrogens is 216 g/mol. The van der Waals surface area contributed by atoms with E-state index in [-0.39, 0.29) is 5.97 Å². The van der Waals surface area contributed by atoms with Crippen LogP contribution in [0, 0.1) is 0 Å². The van der Waals surface area contributed by atoms with Gasteiger partial charge in [0.05, 0.1) is 0 Å². The maximum absolute atomic E-state index is 11.4. The van der Waals surface area contributed by atoms with Gasteiger partial charge < -0.3 is 10.5 Å². The van der Waals surface area contributed by atoms with Gasteiger partial charge >= 0.3 is 5.97 Å². The lowest BCUT2D eigenvalue weighted by atomic mass is 10.1. The van der Waals surface area contributed by atoms with Crippen LogP contribution >= 0.6 is 0 Å². The summed E-state index contributed by atoms with van der Waals surface area (Å²) in [5.41, 5.74) is 11.0. The predicted molar refractivity (Wildman–Crippen MR) is 70.3 cm³/mol. The topological polar surface area (TPSA) is 78.3 Å². The van der Waals surface area contributed by atoms with Crippen molar-refractivity contribution in [3.63, 3.8) is 0 Å². The van der Waals surface area contributed by atoms with Crippen molar-refractivity contribution < 1.29 is 9.53 Å². The first kappa shape index (κ1) is 16.4. The molecule has 1 unspecified atom stereocenters. The minimum atomic E-state index is -0.480. The number of rotatable bonds is 11. The molecule has 4 heteroatoms. The van der Waals surface area contributed by atoms with Gasteiger partial charge in [-0.15, -0.1) is 0 Å². The van der Waals surface area contributed by atoms with Crippen molar-refractivity contribution in [2.24, 2.45) is 11.5 Å². The van der Waals surface area contributed by atoms with Crippen LogP contribution in [0.25, 0.3) is 0 Å². The third-order valence-corrected chi connectivity index (χ3v) is 2.71. The molecule has 0 rings (SSSR count). The molecule has 0 saturated carbocycles. The maximum Gasteiger partial charge on any atom is 0.307 e. The first-order chi connectivity index (χ1) is 8.20. The summed E-state index contributed by atoms with van der Waals surface area (Å²) in [6, 6.07) is 0. The van der Waals surface area contributed by atoms with Crippen molar-refractivity contribution >= 4 is 5.97 Å². The van der Waals surface area contributed by atoms with Crippen molar-refractivity contribution in [3.05, 3.63) is 0 Å². The van der Waals surface area contributed by atoms with E-state index in [9.17, 15) is 4.79 Å². The Labute approximate surface area is 105 Å². The third-order valence-electron chi connectivity index (χ3n) is 2.71. The molecule has 1 atom stereocenters. The van der Waals surface area contributed by atoms with E-state index in [1.807, 2.05) is 0 Å². The molecule has 0 aromatic carbocycles. The number of ether oxygens (including phenoxy) is 1. The highest BCUT2D eigenvalue weighted by Gasteiger charge is 2.08. The van der Waals surface area contributed by atoms with Gasteiger partial charge in [-0.1, -0.05) is 39.0 Å². The van der Waals surface area contributed by atoms with E-state index in [4.69, 9.17) is 16.2 Å². The van der Waals surface area contributed by atoms with Gasteiger partial charge in [0.2, 0.25) is 0 Å². The summed E-state index contributed by atoms with van der Waals surface area (Å²) < 4.78 is 5.06. The molecule has 0 aliphatic carbocycles. The molecule has 102 valence electrons. The zero-order valence-electron chi connectivity index (χ0n) is 11.1. The molecule has 0 aromatic rings. The normalized spacial score (nSPS) is 12.4. The Bertz CT molecular complexity index is 186. The number of carbonyl (C=O) groups excluding carboxylic acids is 1. The lowest BCUT2D eigenvalue weighted by Gasteiger charge is -2.12. The van der Waals surface area contributed by atoms with Crippen LogP contribution in [0.1, 0.15) is 64.7 Å². The van der Waals surface area contributed by atoms with Crippen LogP contribution in [0.2, 0.25) is 0 Å². The molecule has 0 heterocycles. The van der Waals surface area contributed by atoms with Crippen LogP contribution in [-0.4, -0.2) is 18.7 Å². The standard InChI is InChI=1S/C13H28N2O2/c1-2-3-4-5-6-7-10-13(16)17-12(15)9-8-11-14/h12H,2-11,14-15H2,1H3. The van der Waals surface area contributed by atoms with Crippen LogP contribution in [0.15, 0.2) is 0 Å². The molecule has 0 saturated heterocycles. The van der Waals surface area contributed by atoms with E-state index < -0.39 is 6.23 Å². The van der Waals surface area contributed by atoms with Crippen molar-refractivity contribution in [2.75, 3.05) is 6.54 Å². The van der Waals surface area contributed by atoms with E-state index >= 15 is 0 Å².